The lowest BCUT2D eigenvalue weighted by Gasteiger charge is -2.27. The Balaban J connectivity index is 2.60. The lowest BCUT2D eigenvalue weighted by Crippen LogP contribution is -2.47. The number of carbonyl (C=O) groups excluding carboxylic acids is 3. The average Bonchev–Trinajstić information content (AvgIpc) is 2.63. The van der Waals surface area contributed by atoms with Crippen LogP contribution in [0.25, 0.3) is 0 Å². The number of ether oxygens (including phenoxy) is 2. The van der Waals surface area contributed by atoms with Gasteiger partial charge >= 0.3 is 12.2 Å². The first kappa shape index (κ1) is 18.3. The molecule has 0 aromatic heterocycles. The van der Waals surface area contributed by atoms with Crippen molar-refractivity contribution in [2.75, 3.05) is 6.54 Å². The van der Waals surface area contributed by atoms with E-state index in [1.54, 1.807) is 41.5 Å². The molecule has 0 unspecified atom stereocenters. The van der Waals surface area contributed by atoms with Gasteiger partial charge in [0, 0.05) is 13.0 Å². The second-order valence-electron chi connectivity index (χ2n) is 7.32. The summed E-state index contributed by atoms with van der Waals surface area (Å²) in [5.74, 6) is -0.287. The van der Waals surface area contributed by atoms with Gasteiger partial charge in [0.05, 0.1) is 6.04 Å². The molecular formula is C15H26N2O5. The molecule has 0 saturated carbocycles. The van der Waals surface area contributed by atoms with Crippen LogP contribution in [0, 0.1) is 0 Å². The third-order valence-electron chi connectivity index (χ3n) is 2.80. The maximum Gasteiger partial charge on any atom is 0.417 e. The first-order valence-electron chi connectivity index (χ1n) is 7.41. The van der Waals surface area contributed by atoms with E-state index in [2.05, 4.69) is 5.32 Å². The van der Waals surface area contributed by atoms with Gasteiger partial charge in [0.15, 0.2) is 0 Å². The Bertz CT molecular complexity index is 448. The number of hydrogen-bond acceptors (Lipinski definition) is 5. The fourth-order valence-corrected chi connectivity index (χ4v) is 2.01. The largest absolute Gasteiger partial charge is 0.444 e. The molecule has 126 valence electrons. The maximum atomic E-state index is 12.1. The van der Waals surface area contributed by atoms with Gasteiger partial charge in [-0.1, -0.05) is 0 Å². The van der Waals surface area contributed by atoms with E-state index in [0.717, 1.165) is 4.90 Å². The van der Waals surface area contributed by atoms with Crippen molar-refractivity contribution >= 4 is 18.1 Å². The average molecular weight is 314 g/mol. The zero-order valence-corrected chi connectivity index (χ0v) is 14.2. The number of amides is 3. The second-order valence-corrected chi connectivity index (χ2v) is 7.32. The highest BCUT2D eigenvalue weighted by atomic mass is 16.6. The van der Waals surface area contributed by atoms with Gasteiger partial charge in [-0.2, -0.15) is 0 Å². The van der Waals surface area contributed by atoms with Crippen molar-refractivity contribution in [1.82, 2.24) is 10.2 Å². The molecule has 0 aromatic rings. The molecule has 1 fully saturated rings. The summed E-state index contributed by atoms with van der Waals surface area (Å²) in [5, 5.41) is 2.59. The molecule has 7 nitrogen and oxygen atoms in total. The van der Waals surface area contributed by atoms with Gasteiger partial charge in [0.1, 0.15) is 11.2 Å². The minimum absolute atomic E-state index is 0.153. The highest BCUT2D eigenvalue weighted by Gasteiger charge is 2.38. The van der Waals surface area contributed by atoms with Crippen LogP contribution in [0.3, 0.4) is 0 Å². The highest BCUT2D eigenvalue weighted by Crippen LogP contribution is 2.21. The fraction of sp³-hybridized carbons (Fsp3) is 0.800. The van der Waals surface area contributed by atoms with Crippen LogP contribution in [0.4, 0.5) is 9.59 Å². The molecule has 3 amide bonds. The lowest BCUT2D eigenvalue weighted by atomic mass is 10.2. The van der Waals surface area contributed by atoms with Gasteiger partial charge < -0.3 is 14.8 Å². The Morgan fingerprint density at radius 3 is 2.18 bits per heavy atom. The number of alkyl carbamates (subject to hydrolysis) is 1. The molecule has 1 heterocycles. The summed E-state index contributed by atoms with van der Waals surface area (Å²) in [6.45, 7) is 10.6. The van der Waals surface area contributed by atoms with Gasteiger partial charge in [-0.15, -0.1) is 0 Å². The van der Waals surface area contributed by atoms with Gasteiger partial charge in [-0.3, -0.25) is 4.79 Å². The number of imide groups is 1. The predicted octanol–water partition coefficient (Wildman–Crippen LogP) is 2.44. The topological polar surface area (TPSA) is 84.9 Å². The molecule has 1 aliphatic rings. The van der Waals surface area contributed by atoms with Crippen LogP contribution < -0.4 is 5.32 Å². The standard InChI is InChI=1S/C15H26N2O5/c1-14(2,3)21-12(19)16-9-10-7-8-11(18)17(10)13(20)22-15(4,5)6/h10H,7-9H2,1-6H3,(H,16,19)/t10-/m0/s1. The van der Waals surface area contributed by atoms with Crippen molar-refractivity contribution < 1.29 is 23.9 Å². The minimum atomic E-state index is -0.677. The Morgan fingerprint density at radius 1 is 1.14 bits per heavy atom. The first-order valence-corrected chi connectivity index (χ1v) is 7.41. The smallest absolute Gasteiger partial charge is 0.417 e. The molecule has 1 aliphatic heterocycles. The summed E-state index contributed by atoms with van der Waals surface area (Å²) < 4.78 is 10.4. The Hall–Kier alpha value is -1.79. The van der Waals surface area contributed by atoms with E-state index in [-0.39, 0.29) is 18.9 Å². The zero-order valence-electron chi connectivity index (χ0n) is 14.2. The summed E-state index contributed by atoms with van der Waals surface area (Å²) in [6.07, 6.45) is -0.490. The van der Waals surface area contributed by atoms with E-state index in [9.17, 15) is 14.4 Å². The summed E-state index contributed by atoms with van der Waals surface area (Å²) in [5.41, 5.74) is -1.27. The quantitative estimate of drug-likeness (QED) is 0.846. The number of nitrogens with zero attached hydrogens (tertiary/aromatic N) is 1. The Morgan fingerprint density at radius 2 is 1.68 bits per heavy atom. The molecule has 1 N–H and O–H groups in total. The molecule has 0 spiro atoms. The SMILES string of the molecule is CC(C)(C)OC(=O)NC[C@@H]1CCC(=O)N1C(=O)OC(C)(C)C. The van der Waals surface area contributed by atoms with Crippen molar-refractivity contribution in [1.29, 1.82) is 0 Å². The van der Waals surface area contributed by atoms with Crippen LogP contribution in [-0.4, -0.2) is 46.8 Å². The van der Waals surface area contributed by atoms with E-state index in [0.29, 0.717) is 6.42 Å². The monoisotopic (exact) mass is 314 g/mol. The van der Waals surface area contributed by atoms with Gasteiger partial charge in [-0.05, 0) is 48.0 Å². The van der Waals surface area contributed by atoms with E-state index in [1.807, 2.05) is 0 Å². The zero-order chi connectivity index (χ0) is 17.1. The number of nitrogens with one attached hydrogen (secondary N) is 1. The third-order valence-corrected chi connectivity index (χ3v) is 2.80. The molecule has 1 rings (SSSR count). The van der Waals surface area contributed by atoms with Crippen LogP contribution >= 0.6 is 0 Å². The van der Waals surface area contributed by atoms with Crippen LogP contribution in [0.5, 0.6) is 0 Å². The van der Waals surface area contributed by atoms with E-state index in [1.165, 1.54) is 0 Å². The molecule has 0 radical (unpaired) electrons. The van der Waals surface area contributed by atoms with Crippen molar-refractivity contribution in [2.24, 2.45) is 0 Å². The van der Waals surface area contributed by atoms with Crippen LogP contribution in [0.2, 0.25) is 0 Å². The predicted molar refractivity (Wildman–Crippen MR) is 80.3 cm³/mol. The number of likely N-dealkylation sites (tertiary alicyclic amines) is 1. The van der Waals surface area contributed by atoms with Crippen molar-refractivity contribution in [3.05, 3.63) is 0 Å². The molecule has 1 atom stereocenters. The first-order chi connectivity index (χ1) is 9.89. The van der Waals surface area contributed by atoms with Crippen LogP contribution in [0.1, 0.15) is 54.4 Å². The molecule has 0 bridgehead atoms. The van der Waals surface area contributed by atoms with Crippen LogP contribution in [-0.2, 0) is 14.3 Å². The minimum Gasteiger partial charge on any atom is -0.444 e. The van der Waals surface area contributed by atoms with E-state index >= 15 is 0 Å². The van der Waals surface area contributed by atoms with Gasteiger partial charge in [-0.25, -0.2) is 14.5 Å². The molecular weight excluding hydrogens is 288 g/mol. The lowest BCUT2D eigenvalue weighted by molar-refractivity contribution is -0.128. The number of carbonyl (C=O) groups is 3. The molecule has 7 heteroatoms. The summed E-state index contributed by atoms with van der Waals surface area (Å²) in [6, 6.07) is -0.408. The summed E-state index contributed by atoms with van der Waals surface area (Å²) in [4.78, 5) is 36.7. The molecule has 0 aliphatic carbocycles. The summed E-state index contributed by atoms with van der Waals surface area (Å²) >= 11 is 0. The second kappa shape index (κ2) is 6.54. The van der Waals surface area contributed by atoms with Gasteiger partial charge in [0.2, 0.25) is 5.91 Å². The Kier molecular flexibility index (Phi) is 5.43. The number of rotatable bonds is 2. The molecule has 22 heavy (non-hydrogen) atoms. The van der Waals surface area contributed by atoms with E-state index < -0.39 is 29.4 Å². The maximum absolute atomic E-state index is 12.1. The summed E-state index contributed by atoms with van der Waals surface area (Å²) in [7, 11) is 0. The molecule has 0 aromatic carbocycles. The highest BCUT2D eigenvalue weighted by molar-refractivity contribution is 5.94. The normalized spacial score (nSPS) is 19.1. The van der Waals surface area contributed by atoms with Crippen molar-refractivity contribution in [3.8, 4) is 0 Å². The van der Waals surface area contributed by atoms with Crippen molar-refractivity contribution in [3.63, 3.8) is 0 Å². The van der Waals surface area contributed by atoms with Gasteiger partial charge in [0.25, 0.3) is 0 Å². The fourth-order valence-electron chi connectivity index (χ4n) is 2.01. The van der Waals surface area contributed by atoms with E-state index in [4.69, 9.17) is 9.47 Å². The third kappa shape index (κ3) is 5.91. The number of hydrogen-bond donors (Lipinski definition) is 1. The molecule has 1 saturated heterocycles. The van der Waals surface area contributed by atoms with Crippen molar-refractivity contribution in [2.45, 2.75) is 71.6 Å². The van der Waals surface area contributed by atoms with Crippen LogP contribution in [0.15, 0.2) is 0 Å². The Labute approximate surface area is 131 Å².